The molecule has 0 unspecified atom stereocenters. The van der Waals surface area contributed by atoms with Crippen LogP contribution in [0.25, 0.3) is 0 Å². The fourth-order valence-corrected chi connectivity index (χ4v) is 10.7. The smallest absolute Gasteiger partial charge is 0.192 e. The molecule has 0 bridgehead atoms. The number of fused-ring (bicyclic) bond motifs is 5. The van der Waals surface area contributed by atoms with Crippen LogP contribution in [-0.4, -0.2) is 34.6 Å². The second-order valence-electron chi connectivity index (χ2n) is 16.5. The van der Waals surface area contributed by atoms with E-state index in [9.17, 15) is 4.79 Å². The van der Waals surface area contributed by atoms with Crippen LogP contribution in [0.2, 0.25) is 36.3 Å². The SMILES string of the molecule is CC(C)(C)[Si](C)(C)O[C@H]1C[C@H](O[Si](C)(C)C(C)(C)C)[C@@]2(C)CC[C@H]3[C@@H](CCC4=CC(=O)CC[C@@]43C)[C@H]12. The van der Waals surface area contributed by atoms with Crippen LogP contribution in [0.1, 0.15) is 100 Å². The molecule has 4 rings (SSSR count). The first kappa shape index (κ1) is 28.8. The maximum atomic E-state index is 12.3. The van der Waals surface area contributed by atoms with Gasteiger partial charge in [-0.1, -0.05) is 61.0 Å². The van der Waals surface area contributed by atoms with Crippen molar-refractivity contribution < 1.29 is 13.6 Å². The summed E-state index contributed by atoms with van der Waals surface area (Å²) in [4.78, 5) is 12.3. The van der Waals surface area contributed by atoms with Crippen molar-refractivity contribution in [2.75, 3.05) is 0 Å². The summed E-state index contributed by atoms with van der Waals surface area (Å²) < 4.78 is 14.7. The average molecular weight is 533 g/mol. The van der Waals surface area contributed by atoms with Crippen molar-refractivity contribution in [3.8, 4) is 0 Å². The Kier molecular flexibility index (Phi) is 7.10. The Balaban J connectivity index is 1.72. The fraction of sp³-hybridized carbons (Fsp3) is 0.903. The number of hydrogen-bond acceptors (Lipinski definition) is 3. The lowest BCUT2D eigenvalue weighted by Gasteiger charge is -2.59. The van der Waals surface area contributed by atoms with E-state index in [-0.39, 0.29) is 33.1 Å². The molecule has 3 nitrogen and oxygen atoms in total. The molecule has 0 amide bonds. The summed E-state index contributed by atoms with van der Waals surface area (Å²) in [6.07, 6.45) is 10.2. The largest absolute Gasteiger partial charge is 0.414 e. The van der Waals surface area contributed by atoms with Crippen LogP contribution in [0.4, 0.5) is 0 Å². The predicted molar refractivity (Wildman–Crippen MR) is 156 cm³/mol. The first-order valence-electron chi connectivity index (χ1n) is 14.8. The van der Waals surface area contributed by atoms with E-state index < -0.39 is 16.6 Å². The molecule has 3 saturated carbocycles. The van der Waals surface area contributed by atoms with E-state index in [1.165, 1.54) is 24.8 Å². The molecule has 0 saturated heterocycles. The highest BCUT2D eigenvalue weighted by Gasteiger charge is 2.64. The lowest BCUT2D eigenvalue weighted by molar-refractivity contribution is -0.119. The van der Waals surface area contributed by atoms with E-state index in [1.807, 2.05) is 6.08 Å². The Morgan fingerprint density at radius 1 is 0.861 bits per heavy atom. The Hall–Kier alpha value is -0.236. The molecule has 0 N–H and O–H groups in total. The van der Waals surface area contributed by atoms with Gasteiger partial charge in [-0.25, -0.2) is 0 Å². The van der Waals surface area contributed by atoms with Gasteiger partial charge in [0, 0.05) is 6.42 Å². The minimum absolute atomic E-state index is 0.172. The van der Waals surface area contributed by atoms with Gasteiger partial charge in [0.25, 0.3) is 0 Å². The van der Waals surface area contributed by atoms with Crippen molar-refractivity contribution in [1.82, 2.24) is 0 Å². The first-order valence-corrected chi connectivity index (χ1v) is 20.6. The molecule has 0 spiro atoms. The van der Waals surface area contributed by atoms with Gasteiger partial charge in [-0.05, 0) is 109 Å². The number of ketones is 1. The van der Waals surface area contributed by atoms with Crippen molar-refractivity contribution in [3.63, 3.8) is 0 Å². The zero-order valence-corrected chi connectivity index (χ0v) is 27.6. The van der Waals surface area contributed by atoms with Gasteiger partial charge in [-0.2, -0.15) is 0 Å². The summed E-state index contributed by atoms with van der Waals surface area (Å²) >= 11 is 0. The van der Waals surface area contributed by atoms with Crippen LogP contribution in [0.5, 0.6) is 0 Å². The molecule has 7 atom stereocenters. The van der Waals surface area contributed by atoms with Crippen molar-refractivity contribution in [2.24, 2.45) is 28.6 Å². The molecule has 5 heteroatoms. The predicted octanol–water partition coefficient (Wildman–Crippen LogP) is 8.91. The summed E-state index contributed by atoms with van der Waals surface area (Å²) in [6.45, 7) is 29.0. The number of hydrogen-bond donors (Lipinski definition) is 0. The van der Waals surface area contributed by atoms with E-state index in [1.54, 1.807) is 0 Å². The van der Waals surface area contributed by atoms with Crippen LogP contribution >= 0.6 is 0 Å². The highest BCUT2D eigenvalue weighted by atomic mass is 28.4. The topological polar surface area (TPSA) is 35.5 Å². The van der Waals surface area contributed by atoms with E-state index in [0.29, 0.717) is 23.5 Å². The van der Waals surface area contributed by atoms with E-state index in [0.717, 1.165) is 25.7 Å². The highest BCUT2D eigenvalue weighted by molar-refractivity contribution is 6.74. The summed E-state index contributed by atoms with van der Waals surface area (Å²) in [7, 11) is -3.83. The summed E-state index contributed by atoms with van der Waals surface area (Å²) in [5, 5.41) is 0.412. The molecule has 0 aromatic rings. The molecule has 4 aliphatic rings. The minimum atomic E-state index is -1.92. The molecular formula is C31H56O3Si2. The van der Waals surface area contributed by atoms with Gasteiger partial charge in [-0.15, -0.1) is 0 Å². The van der Waals surface area contributed by atoms with Gasteiger partial charge in [0.1, 0.15) is 0 Å². The van der Waals surface area contributed by atoms with E-state index >= 15 is 0 Å². The van der Waals surface area contributed by atoms with Crippen molar-refractivity contribution in [2.45, 2.75) is 149 Å². The van der Waals surface area contributed by atoms with Gasteiger partial charge in [0.15, 0.2) is 22.4 Å². The summed E-state index contributed by atoms with van der Waals surface area (Å²) in [5.74, 6) is 2.24. The van der Waals surface area contributed by atoms with Crippen molar-refractivity contribution in [3.05, 3.63) is 11.6 Å². The minimum Gasteiger partial charge on any atom is -0.414 e. The molecule has 0 aromatic carbocycles. The molecule has 0 aliphatic heterocycles. The van der Waals surface area contributed by atoms with Gasteiger partial charge in [-0.3, -0.25) is 4.79 Å². The monoisotopic (exact) mass is 532 g/mol. The maximum Gasteiger partial charge on any atom is 0.192 e. The van der Waals surface area contributed by atoms with E-state index in [2.05, 4.69) is 81.6 Å². The molecule has 0 heterocycles. The number of rotatable bonds is 4. The number of carbonyl (C=O) groups excluding carboxylic acids is 1. The van der Waals surface area contributed by atoms with E-state index in [4.69, 9.17) is 8.85 Å². The lowest BCUT2D eigenvalue weighted by atomic mass is 9.47. The molecule has 0 aromatic heterocycles. The van der Waals surface area contributed by atoms with Gasteiger partial charge in [0.05, 0.1) is 12.2 Å². The second kappa shape index (κ2) is 8.89. The number of allylic oxidation sites excluding steroid dienone is 1. The standard InChI is InChI=1S/C31H56O3Si2/c1-28(2,3)35(9,10)33-25-20-26(34-36(11,12)29(4,5)6)31(8)18-16-24-23(27(25)31)14-13-21-19-22(32)15-17-30(21,24)7/h19,23-27H,13-18,20H2,1-12H3/t23-,24+,25+,26+,27-,30+,31-/m1/s1. The molecule has 36 heavy (non-hydrogen) atoms. The second-order valence-corrected chi connectivity index (χ2v) is 26.0. The Morgan fingerprint density at radius 2 is 1.44 bits per heavy atom. The molecular weight excluding hydrogens is 477 g/mol. The van der Waals surface area contributed by atoms with Gasteiger partial charge in [0.2, 0.25) is 0 Å². The van der Waals surface area contributed by atoms with Crippen molar-refractivity contribution >= 4 is 22.4 Å². The summed E-state index contributed by atoms with van der Waals surface area (Å²) in [6, 6.07) is 0. The van der Waals surface area contributed by atoms with Crippen LogP contribution in [0.3, 0.4) is 0 Å². The molecule has 4 aliphatic carbocycles. The average Bonchev–Trinajstić information content (AvgIpc) is 2.97. The Labute approximate surface area is 224 Å². The summed E-state index contributed by atoms with van der Waals surface area (Å²) in [5.41, 5.74) is 1.82. The maximum absolute atomic E-state index is 12.3. The molecule has 0 radical (unpaired) electrons. The lowest BCUT2D eigenvalue weighted by Crippen LogP contribution is -2.55. The van der Waals surface area contributed by atoms with Crippen LogP contribution in [-0.2, 0) is 13.6 Å². The Bertz CT molecular complexity index is 908. The van der Waals surface area contributed by atoms with Crippen LogP contribution < -0.4 is 0 Å². The third-order valence-corrected chi connectivity index (χ3v) is 21.3. The third kappa shape index (κ3) is 4.60. The quantitative estimate of drug-likeness (QED) is 0.339. The fourth-order valence-electron chi connectivity index (χ4n) is 7.93. The first-order chi connectivity index (χ1) is 16.2. The number of carbonyl (C=O) groups is 1. The molecule has 3 fully saturated rings. The third-order valence-electron chi connectivity index (χ3n) is 12.3. The zero-order valence-electron chi connectivity index (χ0n) is 25.6. The zero-order chi connectivity index (χ0) is 27.1. The Morgan fingerprint density at radius 3 is 2.03 bits per heavy atom. The van der Waals surface area contributed by atoms with Gasteiger partial charge >= 0.3 is 0 Å². The normalized spacial score (nSPS) is 39.8. The van der Waals surface area contributed by atoms with Crippen LogP contribution in [0, 0.1) is 28.6 Å². The van der Waals surface area contributed by atoms with Crippen LogP contribution in [0.15, 0.2) is 11.6 Å². The highest BCUT2D eigenvalue weighted by Crippen LogP contribution is 2.67. The molecule has 206 valence electrons. The van der Waals surface area contributed by atoms with Gasteiger partial charge < -0.3 is 8.85 Å². The van der Waals surface area contributed by atoms with Crippen molar-refractivity contribution in [1.29, 1.82) is 0 Å².